The van der Waals surface area contributed by atoms with E-state index in [9.17, 15) is 9.59 Å². The summed E-state index contributed by atoms with van der Waals surface area (Å²) in [6.45, 7) is 1.58. The Morgan fingerprint density at radius 2 is 1.96 bits per heavy atom. The highest BCUT2D eigenvalue weighted by Crippen LogP contribution is 2.36. The number of halogens is 1. The van der Waals surface area contributed by atoms with E-state index in [0.717, 1.165) is 4.47 Å². The molecule has 0 saturated heterocycles. The Kier molecular flexibility index (Phi) is 5.51. The van der Waals surface area contributed by atoms with E-state index in [0.29, 0.717) is 28.4 Å². The van der Waals surface area contributed by atoms with Crippen LogP contribution in [0.1, 0.15) is 22.8 Å². The molecule has 0 aromatic heterocycles. The Bertz CT molecular complexity index is 934. The number of carbonyl (C=O) groups excluding carboxylic acids is 2. The summed E-state index contributed by atoms with van der Waals surface area (Å²) in [6, 6.07) is 10.3. The zero-order valence-corrected chi connectivity index (χ0v) is 16.5. The number of ketones is 1. The summed E-state index contributed by atoms with van der Waals surface area (Å²) in [5, 5.41) is 0. The Balaban J connectivity index is 1.87. The molecule has 0 fully saturated rings. The van der Waals surface area contributed by atoms with Gasteiger partial charge in [0.1, 0.15) is 17.2 Å². The average Bonchev–Trinajstić information content (AvgIpc) is 2.96. The van der Waals surface area contributed by atoms with Gasteiger partial charge in [0, 0.05) is 16.1 Å². The molecule has 0 spiro atoms. The van der Waals surface area contributed by atoms with Gasteiger partial charge in [-0.25, -0.2) is 4.79 Å². The second-order valence-electron chi connectivity index (χ2n) is 5.77. The molecule has 140 valence electrons. The lowest BCUT2D eigenvalue weighted by Gasteiger charge is -2.12. The van der Waals surface area contributed by atoms with Gasteiger partial charge in [-0.3, -0.25) is 4.79 Å². The predicted octanol–water partition coefficient (Wildman–Crippen LogP) is 4.01. The number of ether oxygens (including phenoxy) is 4. The molecule has 7 heteroatoms. The average molecular weight is 433 g/mol. The number of hydrogen-bond donors (Lipinski definition) is 0. The fourth-order valence-electron chi connectivity index (χ4n) is 2.62. The van der Waals surface area contributed by atoms with Crippen LogP contribution in [-0.4, -0.2) is 32.1 Å². The topological polar surface area (TPSA) is 71.1 Å². The number of allylic oxidation sites excluding steroid dienone is 1. The lowest BCUT2D eigenvalue weighted by Crippen LogP contribution is -2.24. The quantitative estimate of drug-likeness (QED) is 0.524. The number of benzene rings is 2. The van der Waals surface area contributed by atoms with Crippen molar-refractivity contribution in [1.82, 2.24) is 0 Å². The zero-order valence-electron chi connectivity index (χ0n) is 14.9. The highest BCUT2D eigenvalue weighted by Gasteiger charge is 2.28. The molecule has 0 saturated carbocycles. The van der Waals surface area contributed by atoms with Crippen LogP contribution in [-0.2, 0) is 9.53 Å². The van der Waals surface area contributed by atoms with E-state index in [1.807, 2.05) is 12.1 Å². The van der Waals surface area contributed by atoms with Gasteiger partial charge in [-0.05, 0) is 43.3 Å². The Labute approximate surface area is 164 Å². The minimum Gasteiger partial charge on any atom is -0.496 e. The summed E-state index contributed by atoms with van der Waals surface area (Å²) in [6.07, 6.45) is 0.856. The van der Waals surface area contributed by atoms with Crippen molar-refractivity contribution in [2.75, 3.05) is 14.2 Å². The fourth-order valence-corrected chi connectivity index (χ4v) is 3.00. The minimum atomic E-state index is -0.772. The molecule has 0 aliphatic carbocycles. The third-order valence-corrected chi connectivity index (χ3v) is 4.46. The molecular weight excluding hydrogens is 416 g/mol. The van der Waals surface area contributed by atoms with E-state index in [1.165, 1.54) is 7.11 Å². The molecule has 2 aromatic carbocycles. The first-order valence-electron chi connectivity index (χ1n) is 8.09. The summed E-state index contributed by atoms with van der Waals surface area (Å²) >= 11 is 3.40. The molecular formula is C20H17BrO6. The lowest BCUT2D eigenvalue weighted by atomic mass is 10.1. The highest BCUT2D eigenvalue weighted by molar-refractivity contribution is 9.10. The van der Waals surface area contributed by atoms with Crippen molar-refractivity contribution in [2.45, 2.75) is 13.0 Å². The van der Waals surface area contributed by atoms with Gasteiger partial charge >= 0.3 is 5.97 Å². The van der Waals surface area contributed by atoms with Gasteiger partial charge < -0.3 is 18.9 Å². The number of fused-ring (bicyclic) bond motifs is 1. The van der Waals surface area contributed by atoms with Gasteiger partial charge in [0.2, 0.25) is 5.78 Å². The summed E-state index contributed by atoms with van der Waals surface area (Å²) < 4.78 is 22.0. The van der Waals surface area contributed by atoms with Crippen LogP contribution in [0.4, 0.5) is 0 Å². The summed E-state index contributed by atoms with van der Waals surface area (Å²) in [5.41, 5.74) is 1.13. The molecule has 1 atom stereocenters. The van der Waals surface area contributed by atoms with E-state index in [-0.39, 0.29) is 11.5 Å². The van der Waals surface area contributed by atoms with E-state index in [2.05, 4.69) is 20.7 Å². The maximum Gasteiger partial charge on any atom is 0.346 e. The molecule has 0 amide bonds. The van der Waals surface area contributed by atoms with E-state index in [1.54, 1.807) is 44.4 Å². The van der Waals surface area contributed by atoms with Crippen LogP contribution in [0.5, 0.6) is 17.2 Å². The van der Waals surface area contributed by atoms with Gasteiger partial charge in [0.05, 0.1) is 19.8 Å². The molecule has 1 heterocycles. The second-order valence-corrected chi connectivity index (χ2v) is 6.68. The van der Waals surface area contributed by atoms with Crippen molar-refractivity contribution < 1.29 is 28.5 Å². The number of rotatable bonds is 5. The van der Waals surface area contributed by atoms with Crippen molar-refractivity contribution in [2.24, 2.45) is 0 Å². The van der Waals surface area contributed by atoms with Crippen molar-refractivity contribution in [1.29, 1.82) is 0 Å². The standard InChI is InChI=1S/C20H17BrO6/c1-11(20(23)25-3)26-14-5-6-15-17(10-14)27-18(19(15)22)9-12-8-13(21)4-7-16(12)24-2/h4-11H,1-3H3/b18-9-/t11-/m0/s1. The molecule has 0 unspecified atom stereocenters. The first-order chi connectivity index (χ1) is 12.9. The maximum atomic E-state index is 12.6. The number of Topliss-reactive ketones (excluding diaryl/α,β-unsaturated/α-hetero) is 1. The summed E-state index contributed by atoms with van der Waals surface area (Å²) in [7, 11) is 2.85. The van der Waals surface area contributed by atoms with E-state index >= 15 is 0 Å². The molecule has 0 bridgehead atoms. The summed E-state index contributed by atoms with van der Waals surface area (Å²) in [4.78, 5) is 24.1. The van der Waals surface area contributed by atoms with E-state index in [4.69, 9.17) is 14.2 Å². The minimum absolute atomic E-state index is 0.180. The molecule has 2 aromatic rings. The smallest absolute Gasteiger partial charge is 0.346 e. The number of esters is 1. The van der Waals surface area contributed by atoms with Crippen molar-refractivity contribution in [3.63, 3.8) is 0 Å². The van der Waals surface area contributed by atoms with Crippen LogP contribution >= 0.6 is 15.9 Å². The molecule has 0 radical (unpaired) electrons. The third kappa shape index (κ3) is 3.98. The molecule has 1 aliphatic rings. The van der Waals surface area contributed by atoms with Crippen LogP contribution < -0.4 is 14.2 Å². The molecule has 27 heavy (non-hydrogen) atoms. The molecule has 0 N–H and O–H groups in total. The molecule has 3 rings (SSSR count). The van der Waals surface area contributed by atoms with Crippen LogP contribution in [0.2, 0.25) is 0 Å². The van der Waals surface area contributed by atoms with Gasteiger partial charge in [-0.15, -0.1) is 0 Å². The van der Waals surface area contributed by atoms with Gasteiger partial charge in [-0.2, -0.15) is 0 Å². The van der Waals surface area contributed by atoms with Gasteiger partial charge in [-0.1, -0.05) is 15.9 Å². The van der Waals surface area contributed by atoms with Crippen LogP contribution in [0, 0.1) is 0 Å². The predicted molar refractivity (Wildman–Crippen MR) is 102 cm³/mol. The van der Waals surface area contributed by atoms with Crippen LogP contribution in [0.15, 0.2) is 46.6 Å². The lowest BCUT2D eigenvalue weighted by molar-refractivity contribution is -0.147. The monoisotopic (exact) mass is 432 g/mol. The molecule has 1 aliphatic heterocycles. The number of methoxy groups -OCH3 is 2. The summed E-state index contributed by atoms with van der Waals surface area (Å²) in [5.74, 6) is 0.846. The zero-order chi connectivity index (χ0) is 19.6. The number of hydrogen-bond acceptors (Lipinski definition) is 6. The Morgan fingerprint density at radius 1 is 1.19 bits per heavy atom. The first-order valence-corrected chi connectivity index (χ1v) is 8.88. The van der Waals surface area contributed by atoms with Crippen molar-refractivity contribution >= 4 is 33.8 Å². The largest absolute Gasteiger partial charge is 0.496 e. The normalized spacial score (nSPS) is 15.1. The van der Waals surface area contributed by atoms with Gasteiger partial charge in [0.25, 0.3) is 0 Å². The highest BCUT2D eigenvalue weighted by atomic mass is 79.9. The molecule has 6 nitrogen and oxygen atoms in total. The Morgan fingerprint density at radius 3 is 2.67 bits per heavy atom. The van der Waals surface area contributed by atoms with Crippen molar-refractivity contribution in [3.05, 3.63) is 57.8 Å². The first kappa shape index (κ1) is 19.0. The van der Waals surface area contributed by atoms with E-state index < -0.39 is 12.1 Å². The number of carbonyl (C=O) groups is 2. The second kappa shape index (κ2) is 7.84. The Hall–Kier alpha value is -2.80. The van der Waals surface area contributed by atoms with Crippen LogP contribution in [0.3, 0.4) is 0 Å². The third-order valence-electron chi connectivity index (χ3n) is 3.97. The SMILES string of the molecule is COC(=O)[C@H](C)Oc1ccc2c(c1)O/C(=C\c1cc(Br)ccc1OC)C2=O. The van der Waals surface area contributed by atoms with Crippen LogP contribution in [0.25, 0.3) is 6.08 Å². The van der Waals surface area contributed by atoms with Gasteiger partial charge in [0.15, 0.2) is 11.9 Å². The fraction of sp³-hybridized carbons (Fsp3) is 0.200. The maximum absolute atomic E-state index is 12.6. The van der Waals surface area contributed by atoms with Crippen molar-refractivity contribution in [3.8, 4) is 17.2 Å².